The molecule has 3 N–H and O–H groups in total. The van der Waals surface area contributed by atoms with Crippen LogP contribution in [0.5, 0.6) is 0 Å². The summed E-state index contributed by atoms with van der Waals surface area (Å²) in [6.45, 7) is 4.42. The highest BCUT2D eigenvalue weighted by Crippen LogP contribution is 2.16. The Morgan fingerprint density at radius 3 is 2.89 bits per heavy atom. The lowest BCUT2D eigenvalue weighted by Crippen LogP contribution is -2.26. The van der Waals surface area contributed by atoms with Crippen molar-refractivity contribution < 1.29 is 4.79 Å². The average Bonchev–Trinajstić information content (AvgIpc) is 2.79. The molecule has 1 amide bonds. The Balaban J connectivity index is 2.08. The molecule has 5 heteroatoms. The van der Waals surface area contributed by atoms with Gasteiger partial charge in [-0.2, -0.15) is 0 Å². The first kappa shape index (κ1) is 13.1. The second-order valence-electron chi connectivity index (χ2n) is 4.66. The van der Waals surface area contributed by atoms with Crippen LogP contribution >= 0.6 is 0 Å². The number of nitrogens with one attached hydrogen (secondary N) is 1. The van der Waals surface area contributed by atoms with Gasteiger partial charge in [-0.15, -0.1) is 0 Å². The van der Waals surface area contributed by atoms with E-state index in [2.05, 4.69) is 10.3 Å². The van der Waals surface area contributed by atoms with Crippen LogP contribution < -0.4 is 11.1 Å². The normalized spacial score (nSPS) is 10.7. The maximum Gasteiger partial charge on any atom is 0.268 e. The summed E-state index contributed by atoms with van der Waals surface area (Å²) in [5.74, 6) is -0.143. The van der Waals surface area contributed by atoms with E-state index < -0.39 is 0 Å². The van der Waals surface area contributed by atoms with Gasteiger partial charge in [0.15, 0.2) is 0 Å². The predicted octanol–water partition coefficient (Wildman–Crippen LogP) is 1.98. The third kappa shape index (κ3) is 3.13. The van der Waals surface area contributed by atoms with Gasteiger partial charge < -0.3 is 15.6 Å². The molecule has 0 bridgehead atoms. The molecule has 0 aromatic carbocycles. The van der Waals surface area contributed by atoms with Crippen LogP contribution in [0.1, 0.15) is 36.1 Å². The molecule has 0 unspecified atom stereocenters. The fourth-order valence-corrected chi connectivity index (χ4v) is 1.87. The Morgan fingerprint density at radius 1 is 1.47 bits per heavy atom. The Bertz CT molecular complexity index is 560. The monoisotopic (exact) mass is 258 g/mol. The SMILES string of the molecule is CC(C)n1cc(N)cc1C(=O)NCc1ccccn1. The lowest BCUT2D eigenvalue weighted by atomic mass is 10.3. The van der Waals surface area contributed by atoms with E-state index >= 15 is 0 Å². The number of amides is 1. The zero-order valence-corrected chi connectivity index (χ0v) is 11.1. The second kappa shape index (κ2) is 5.56. The predicted molar refractivity (Wildman–Crippen MR) is 74.6 cm³/mol. The topological polar surface area (TPSA) is 72.9 Å². The van der Waals surface area contributed by atoms with E-state index in [0.717, 1.165) is 5.69 Å². The van der Waals surface area contributed by atoms with Crippen molar-refractivity contribution in [2.45, 2.75) is 26.4 Å². The van der Waals surface area contributed by atoms with Gasteiger partial charge in [-0.3, -0.25) is 9.78 Å². The molecule has 0 atom stereocenters. The van der Waals surface area contributed by atoms with Crippen LogP contribution in [-0.2, 0) is 6.54 Å². The number of nitrogens with zero attached hydrogens (tertiary/aromatic N) is 2. The number of nitrogens with two attached hydrogens (primary N) is 1. The molecule has 0 radical (unpaired) electrons. The molecule has 0 aliphatic rings. The van der Waals surface area contributed by atoms with Gasteiger partial charge in [-0.05, 0) is 32.0 Å². The van der Waals surface area contributed by atoms with E-state index in [1.807, 2.05) is 36.6 Å². The Kier molecular flexibility index (Phi) is 3.85. The van der Waals surface area contributed by atoms with Crippen LogP contribution in [-0.4, -0.2) is 15.5 Å². The molecule has 2 aromatic rings. The standard InChI is InChI=1S/C14H18N4O/c1-10(2)18-9-11(15)7-13(18)14(19)17-8-12-5-3-4-6-16-12/h3-7,9-10H,8,15H2,1-2H3,(H,17,19). The lowest BCUT2D eigenvalue weighted by molar-refractivity contribution is 0.0939. The highest BCUT2D eigenvalue weighted by molar-refractivity contribution is 5.93. The van der Waals surface area contributed by atoms with E-state index in [4.69, 9.17) is 5.73 Å². The minimum atomic E-state index is -0.143. The van der Waals surface area contributed by atoms with Gasteiger partial charge in [-0.1, -0.05) is 6.07 Å². The van der Waals surface area contributed by atoms with Crippen LogP contribution in [0, 0.1) is 0 Å². The first-order chi connectivity index (χ1) is 9.08. The first-order valence-corrected chi connectivity index (χ1v) is 6.23. The van der Waals surface area contributed by atoms with E-state index in [9.17, 15) is 4.79 Å². The van der Waals surface area contributed by atoms with Crippen molar-refractivity contribution in [2.24, 2.45) is 0 Å². The molecule has 0 aliphatic carbocycles. The lowest BCUT2D eigenvalue weighted by Gasteiger charge is -2.12. The van der Waals surface area contributed by atoms with Crippen LogP contribution in [0.25, 0.3) is 0 Å². The summed E-state index contributed by atoms with van der Waals surface area (Å²) in [7, 11) is 0. The molecule has 2 aromatic heterocycles. The van der Waals surface area contributed by atoms with Crippen molar-refractivity contribution in [3.05, 3.63) is 48.0 Å². The van der Waals surface area contributed by atoms with Gasteiger partial charge in [0.25, 0.3) is 5.91 Å². The van der Waals surface area contributed by atoms with Crippen molar-refractivity contribution in [2.75, 3.05) is 5.73 Å². The summed E-state index contributed by atoms with van der Waals surface area (Å²) < 4.78 is 1.86. The Morgan fingerprint density at radius 2 is 2.26 bits per heavy atom. The fraction of sp³-hybridized carbons (Fsp3) is 0.286. The molecule has 0 spiro atoms. The van der Waals surface area contributed by atoms with Gasteiger partial charge in [-0.25, -0.2) is 0 Å². The molecular formula is C14H18N4O. The van der Waals surface area contributed by atoms with Crippen molar-refractivity contribution in [1.29, 1.82) is 0 Å². The molecule has 2 rings (SSSR count). The fourth-order valence-electron chi connectivity index (χ4n) is 1.87. The summed E-state index contributed by atoms with van der Waals surface area (Å²) in [5, 5.41) is 2.85. The molecule has 0 fully saturated rings. The Hall–Kier alpha value is -2.30. The number of rotatable bonds is 4. The number of hydrogen-bond acceptors (Lipinski definition) is 3. The van der Waals surface area contributed by atoms with E-state index in [1.165, 1.54) is 0 Å². The van der Waals surface area contributed by atoms with Gasteiger partial charge in [0.2, 0.25) is 0 Å². The number of carbonyl (C=O) groups excluding carboxylic acids is 1. The molecule has 0 aliphatic heterocycles. The molecule has 100 valence electrons. The molecule has 2 heterocycles. The summed E-state index contributed by atoms with van der Waals surface area (Å²) >= 11 is 0. The van der Waals surface area contributed by atoms with Gasteiger partial charge in [0, 0.05) is 18.4 Å². The van der Waals surface area contributed by atoms with Gasteiger partial charge in [0.05, 0.1) is 17.9 Å². The second-order valence-corrected chi connectivity index (χ2v) is 4.66. The maximum absolute atomic E-state index is 12.1. The summed E-state index contributed by atoms with van der Waals surface area (Å²) in [6.07, 6.45) is 3.48. The van der Waals surface area contributed by atoms with E-state index in [-0.39, 0.29) is 11.9 Å². The minimum Gasteiger partial charge on any atom is -0.397 e. The number of hydrogen-bond donors (Lipinski definition) is 2. The number of nitrogen functional groups attached to an aromatic ring is 1. The molecule has 5 nitrogen and oxygen atoms in total. The summed E-state index contributed by atoms with van der Waals surface area (Å²) in [4.78, 5) is 16.3. The number of anilines is 1. The number of carbonyl (C=O) groups is 1. The smallest absolute Gasteiger partial charge is 0.268 e. The number of pyridine rings is 1. The highest BCUT2D eigenvalue weighted by Gasteiger charge is 2.14. The van der Waals surface area contributed by atoms with Crippen LogP contribution in [0.15, 0.2) is 36.7 Å². The van der Waals surface area contributed by atoms with Crippen molar-refractivity contribution >= 4 is 11.6 Å². The first-order valence-electron chi connectivity index (χ1n) is 6.23. The van der Waals surface area contributed by atoms with Crippen LogP contribution in [0.4, 0.5) is 5.69 Å². The molecule has 0 saturated carbocycles. The summed E-state index contributed by atoms with van der Waals surface area (Å²) in [6, 6.07) is 7.48. The van der Waals surface area contributed by atoms with Gasteiger partial charge >= 0.3 is 0 Å². The maximum atomic E-state index is 12.1. The molecule has 19 heavy (non-hydrogen) atoms. The third-order valence-electron chi connectivity index (χ3n) is 2.81. The minimum absolute atomic E-state index is 0.143. The average molecular weight is 258 g/mol. The Labute approximate surface area is 112 Å². The largest absolute Gasteiger partial charge is 0.397 e. The van der Waals surface area contributed by atoms with Crippen molar-refractivity contribution in [3.63, 3.8) is 0 Å². The zero-order chi connectivity index (χ0) is 13.8. The van der Waals surface area contributed by atoms with Crippen LogP contribution in [0.2, 0.25) is 0 Å². The van der Waals surface area contributed by atoms with Gasteiger partial charge in [0.1, 0.15) is 5.69 Å². The molecule has 0 saturated heterocycles. The zero-order valence-electron chi connectivity index (χ0n) is 11.1. The van der Waals surface area contributed by atoms with Crippen molar-refractivity contribution in [3.8, 4) is 0 Å². The van der Waals surface area contributed by atoms with E-state index in [1.54, 1.807) is 18.5 Å². The highest BCUT2D eigenvalue weighted by atomic mass is 16.1. The third-order valence-corrected chi connectivity index (χ3v) is 2.81. The van der Waals surface area contributed by atoms with Crippen molar-refractivity contribution in [1.82, 2.24) is 14.9 Å². The molecular weight excluding hydrogens is 240 g/mol. The number of aromatic nitrogens is 2. The summed E-state index contributed by atoms with van der Waals surface area (Å²) in [5.41, 5.74) is 7.74. The van der Waals surface area contributed by atoms with Crippen LogP contribution in [0.3, 0.4) is 0 Å². The van der Waals surface area contributed by atoms with E-state index in [0.29, 0.717) is 17.9 Å². The quantitative estimate of drug-likeness (QED) is 0.880.